The molecule has 110 valence electrons. The Morgan fingerprint density at radius 3 is 2.55 bits per heavy atom. The van der Waals surface area contributed by atoms with Crippen molar-refractivity contribution in [3.05, 3.63) is 29.3 Å². The van der Waals surface area contributed by atoms with Crippen molar-refractivity contribution in [1.82, 2.24) is 0 Å². The molecule has 0 saturated heterocycles. The van der Waals surface area contributed by atoms with E-state index < -0.39 is 5.97 Å². The molecule has 0 heterocycles. The molecular formula is C16H22O2S2. The van der Waals surface area contributed by atoms with Crippen molar-refractivity contribution in [3.8, 4) is 0 Å². The van der Waals surface area contributed by atoms with Gasteiger partial charge in [0, 0.05) is 15.4 Å². The molecular weight excluding hydrogens is 288 g/mol. The summed E-state index contributed by atoms with van der Waals surface area (Å²) in [6, 6.07) is 6.63. The van der Waals surface area contributed by atoms with Gasteiger partial charge in [-0.3, -0.25) is 4.79 Å². The molecule has 4 heteroatoms. The second kappa shape index (κ2) is 7.41. The largest absolute Gasteiger partial charge is 0.481 e. The smallest absolute Gasteiger partial charge is 0.313 e. The molecule has 0 aliphatic heterocycles. The van der Waals surface area contributed by atoms with E-state index in [4.69, 9.17) is 5.11 Å². The minimum atomic E-state index is -0.699. The number of carboxylic acid groups (broad SMARTS) is 1. The van der Waals surface area contributed by atoms with Crippen molar-refractivity contribution >= 4 is 29.5 Å². The summed E-state index contributed by atoms with van der Waals surface area (Å²) in [5, 5.41) is 9.89. The summed E-state index contributed by atoms with van der Waals surface area (Å²) in [5.41, 5.74) is 2.66. The monoisotopic (exact) mass is 310 g/mol. The topological polar surface area (TPSA) is 37.3 Å². The third kappa shape index (κ3) is 4.45. The summed E-state index contributed by atoms with van der Waals surface area (Å²) in [5.74, 6) is -0.468. The van der Waals surface area contributed by atoms with E-state index in [1.807, 2.05) is 11.8 Å². The average Bonchev–Trinajstić information content (AvgIpc) is 2.42. The molecule has 2 atom stereocenters. The lowest BCUT2D eigenvalue weighted by Crippen LogP contribution is -2.25. The van der Waals surface area contributed by atoms with E-state index in [-0.39, 0.29) is 5.75 Å². The molecule has 1 N–H and O–H groups in total. The molecule has 1 fully saturated rings. The zero-order chi connectivity index (χ0) is 14.5. The molecule has 0 aromatic heterocycles. The van der Waals surface area contributed by atoms with Gasteiger partial charge >= 0.3 is 5.97 Å². The van der Waals surface area contributed by atoms with Crippen LogP contribution >= 0.6 is 23.5 Å². The van der Waals surface area contributed by atoms with Crippen LogP contribution in [-0.2, 0) is 4.79 Å². The van der Waals surface area contributed by atoms with Gasteiger partial charge in [-0.2, -0.15) is 0 Å². The molecule has 0 spiro atoms. The first-order valence-electron chi connectivity index (χ1n) is 7.13. The van der Waals surface area contributed by atoms with Crippen LogP contribution in [0.15, 0.2) is 23.1 Å². The van der Waals surface area contributed by atoms with Gasteiger partial charge in [0.05, 0.1) is 5.75 Å². The fourth-order valence-electron chi connectivity index (χ4n) is 2.53. The number of thioether (sulfide) groups is 2. The lowest BCUT2D eigenvalue weighted by Gasteiger charge is -2.30. The van der Waals surface area contributed by atoms with Crippen LogP contribution in [0.3, 0.4) is 0 Å². The second-order valence-corrected chi connectivity index (χ2v) is 7.97. The Bertz CT molecular complexity index is 474. The van der Waals surface area contributed by atoms with Gasteiger partial charge in [0.25, 0.3) is 0 Å². The van der Waals surface area contributed by atoms with Crippen molar-refractivity contribution in [2.24, 2.45) is 0 Å². The maximum Gasteiger partial charge on any atom is 0.313 e. The highest BCUT2D eigenvalue weighted by Crippen LogP contribution is 2.39. The summed E-state index contributed by atoms with van der Waals surface area (Å²) < 4.78 is 0. The van der Waals surface area contributed by atoms with Crippen LogP contribution in [-0.4, -0.2) is 27.3 Å². The van der Waals surface area contributed by atoms with Gasteiger partial charge in [-0.1, -0.05) is 18.9 Å². The Morgan fingerprint density at radius 1 is 1.20 bits per heavy atom. The van der Waals surface area contributed by atoms with Gasteiger partial charge in [-0.15, -0.1) is 23.5 Å². The number of aliphatic carboxylic acids is 1. The summed E-state index contributed by atoms with van der Waals surface area (Å²) in [4.78, 5) is 12.1. The minimum Gasteiger partial charge on any atom is -0.481 e. The normalized spacial score (nSPS) is 22.7. The van der Waals surface area contributed by atoms with E-state index in [9.17, 15) is 4.79 Å². The lowest BCUT2D eigenvalue weighted by molar-refractivity contribution is -0.133. The summed E-state index contributed by atoms with van der Waals surface area (Å²) in [6.45, 7) is 4.28. The quantitative estimate of drug-likeness (QED) is 0.867. The fourth-order valence-corrected chi connectivity index (χ4v) is 5.29. The molecule has 2 rings (SSSR count). The third-order valence-corrected chi connectivity index (χ3v) is 6.80. The molecule has 20 heavy (non-hydrogen) atoms. The van der Waals surface area contributed by atoms with Crippen LogP contribution in [0.1, 0.15) is 36.8 Å². The zero-order valence-electron chi connectivity index (χ0n) is 12.1. The highest BCUT2D eigenvalue weighted by atomic mass is 32.2. The zero-order valence-corrected chi connectivity index (χ0v) is 13.7. The van der Waals surface area contributed by atoms with E-state index in [1.165, 1.54) is 35.3 Å². The van der Waals surface area contributed by atoms with Crippen molar-refractivity contribution in [3.63, 3.8) is 0 Å². The molecule has 1 aromatic carbocycles. The summed E-state index contributed by atoms with van der Waals surface area (Å²) >= 11 is 3.55. The van der Waals surface area contributed by atoms with Gasteiger partial charge in [0.2, 0.25) is 0 Å². The van der Waals surface area contributed by atoms with E-state index in [1.54, 1.807) is 11.8 Å². The molecule has 2 nitrogen and oxygen atoms in total. The minimum absolute atomic E-state index is 0.231. The number of hydrogen-bond donors (Lipinski definition) is 1. The number of aryl methyl sites for hydroxylation is 2. The third-order valence-electron chi connectivity index (χ3n) is 3.83. The van der Waals surface area contributed by atoms with E-state index in [0.29, 0.717) is 10.5 Å². The van der Waals surface area contributed by atoms with Crippen molar-refractivity contribution in [2.45, 2.75) is 54.9 Å². The van der Waals surface area contributed by atoms with Crippen LogP contribution in [0, 0.1) is 13.8 Å². The fraction of sp³-hybridized carbons (Fsp3) is 0.562. The van der Waals surface area contributed by atoms with Crippen LogP contribution < -0.4 is 0 Å². The van der Waals surface area contributed by atoms with E-state index in [2.05, 4.69) is 32.0 Å². The SMILES string of the molecule is Cc1ccc(S[C@@H]2CCCC[C@H]2SCC(=O)O)cc1C. The first kappa shape index (κ1) is 15.8. The van der Waals surface area contributed by atoms with E-state index >= 15 is 0 Å². The number of hydrogen-bond acceptors (Lipinski definition) is 3. The van der Waals surface area contributed by atoms with Gasteiger partial charge in [0.15, 0.2) is 0 Å². The Hall–Kier alpha value is -0.610. The lowest BCUT2D eigenvalue weighted by atomic mass is 10.00. The molecule has 0 radical (unpaired) electrons. The van der Waals surface area contributed by atoms with Crippen molar-refractivity contribution in [2.75, 3.05) is 5.75 Å². The van der Waals surface area contributed by atoms with Crippen molar-refractivity contribution in [1.29, 1.82) is 0 Å². The van der Waals surface area contributed by atoms with Crippen molar-refractivity contribution < 1.29 is 9.90 Å². The van der Waals surface area contributed by atoms with Gasteiger partial charge < -0.3 is 5.11 Å². The number of carbonyl (C=O) groups is 1. The highest BCUT2D eigenvalue weighted by molar-refractivity contribution is 8.04. The molecule has 1 saturated carbocycles. The molecule has 0 amide bonds. The van der Waals surface area contributed by atoms with Gasteiger partial charge in [-0.05, 0) is 49.9 Å². The van der Waals surface area contributed by atoms with Crippen LogP contribution in [0.5, 0.6) is 0 Å². The standard InChI is InChI=1S/C16H22O2S2/c1-11-7-8-13(9-12(11)2)20-15-6-4-3-5-14(15)19-10-16(17)18/h7-9,14-15H,3-6,10H2,1-2H3,(H,17,18)/t14-,15-/m1/s1. The Morgan fingerprint density at radius 2 is 1.90 bits per heavy atom. The maximum atomic E-state index is 10.8. The van der Waals surface area contributed by atoms with Gasteiger partial charge in [0.1, 0.15) is 0 Å². The first-order chi connectivity index (χ1) is 9.56. The molecule has 1 aliphatic carbocycles. The number of rotatable bonds is 5. The summed E-state index contributed by atoms with van der Waals surface area (Å²) in [7, 11) is 0. The first-order valence-corrected chi connectivity index (χ1v) is 9.06. The molecule has 0 bridgehead atoms. The van der Waals surface area contributed by atoms with E-state index in [0.717, 1.165) is 6.42 Å². The average molecular weight is 310 g/mol. The molecule has 0 unspecified atom stereocenters. The molecule has 1 aliphatic rings. The van der Waals surface area contributed by atoms with Crippen LogP contribution in [0.2, 0.25) is 0 Å². The Labute approximate surface area is 129 Å². The predicted octanol–water partition coefficient (Wildman–Crippen LogP) is 4.52. The predicted molar refractivity (Wildman–Crippen MR) is 87.9 cm³/mol. The van der Waals surface area contributed by atoms with Crippen LogP contribution in [0.25, 0.3) is 0 Å². The van der Waals surface area contributed by atoms with Gasteiger partial charge in [-0.25, -0.2) is 0 Å². The molecule has 1 aromatic rings. The summed E-state index contributed by atoms with van der Waals surface area (Å²) in [6.07, 6.45) is 4.86. The number of benzene rings is 1. The van der Waals surface area contributed by atoms with Crippen LogP contribution in [0.4, 0.5) is 0 Å². The Kier molecular flexibility index (Phi) is 5.85. The number of carboxylic acids is 1. The highest BCUT2D eigenvalue weighted by Gasteiger charge is 2.27. The Balaban J connectivity index is 2.00. The second-order valence-electron chi connectivity index (χ2n) is 5.43. The maximum absolute atomic E-state index is 10.8.